The first-order valence-electron chi connectivity index (χ1n) is 11.9. The van der Waals surface area contributed by atoms with Gasteiger partial charge >= 0.3 is 6.03 Å². The van der Waals surface area contributed by atoms with E-state index in [1.54, 1.807) is 6.07 Å². The molecule has 0 aliphatic carbocycles. The maximum absolute atomic E-state index is 13.2. The van der Waals surface area contributed by atoms with Crippen LogP contribution in [0.5, 0.6) is 0 Å². The Bertz CT molecular complexity index is 1340. The van der Waals surface area contributed by atoms with E-state index in [0.717, 1.165) is 53.6 Å². The largest absolute Gasteiger partial charge is 0.371 e. The number of anilines is 3. The molecular formula is C29H28N4O2. The number of fused-ring (bicyclic) bond motifs is 1. The van der Waals surface area contributed by atoms with Crippen molar-refractivity contribution >= 4 is 39.8 Å². The van der Waals surface area contributed by atoms with Crippen LogP contribution in [-0.4, -0.2) is 25.0 Å². The highest BCUT2D eigenvalue weighted by Gasteiger charge is 2.20. The van der Waals surface area contributed by atoms with E-state index in [9.17, 15) is 9.59 Å². The van der Waals surface area contributed by atoms with Crippen LogP contribution in [0.4, 0.5) is 21.9 Å². The van der Waals surface area contributed by atoms with Crippen molar-refractivity contribution in [3.05, 3.63) is 102 Å². The molecule has 0 atom stereocenters. The van der Waals surface area contributed by atoms with Gasteiger partial charge in [0.25, 0.3) is 5.91 Å². The van der Waals surface area contributed by atoms with E-state index in [0.29, 0.717) is 17.8 Å². The molecule has 6 heteroatoms. The lowest BCUT2D eigenvalue weighted by Crippen LogP contribution is -2.27. The molecule has 1 saturated heterocycles. The first-order valence-corrected chi connectivity index (χ1v) is 11.9. The van der Waals surface area contributed by atoms with E-state index in [4.69, 9.17) is 0 Å². The predicted octanol–water partition coefficient (Wildman–Crippen LogP) is 6.01. The molecule has 0 bridgehead atoms. The highest BCUT2D eigenvalue weighted by molar-refractivity contribution is 6.07. The quantitative estimate of drug-likeness (QED) is 0.327. The minimum absolute atomic E-state index is 0.158. The first-order chi connectivity index (χ1) is 17.2. The maximum atomic E-state index is 13.2. The zero-order valence-corrected chi connectivity index (χ0v) is 19.5. The molecule has 4 aromatic rings. The van der Waals surface area contributed by atoms with Crippen LogP contribution in [0.25, 0.3) is 10.8 Å². The van der Waals surface area contributed by atoms with Crippen molar-refractivity contribution in [3.8, 4) is 0 Å². The Balaban J connectivity index is 1.35. The van der Waals surface area contributed by atoms with E-state index in [-0.39, 0.29) is 11.9 Å². The molecule has 35 heavy (non-hydrogen) atoms. The Hall–Kier alpha value is -4.32. The average Bonchev–Trinajstić information content (AvgIpc) is 3.43. The molecule has 4 aromatic carbocycles. The van der Waals surface area contributed by atoms with E-state index in [1.165, 1.54) is 0 Å². The van der Waals surface area contributed by atoms with Crippen LogP contribution in [0.2, 0.25) is 0 Å². The number of carbonyl (C=O) groups excluding carboxylic acids is 2. The Labute approximate surface area is 205 Å². The van der Waals surface area contributed by atoms with Gasteiger partial charge in [-0.05, 0) is 48.1 Å². The second-order valence-electron chi connectivity index (χ2n) is 8.70. The van der Waals surface area contributed by atoms with Crippen LogP contribution in [-0.2, 0) is 6.54 Å². The number of amides is 3. The van der Waals surface area contributed by atoms with Gasteiger partial charge in [0.2, 0.25) is 0 Å². The van der Waals surface area contributed by atoms with E-state index in [1.807, 2.05) is 84.9 Å². The fourth-order valence-corrected chi connectivity index (χ4v) is 4.52. The fourth-order valence-electron chi connectivity index (χ4n) is 4.52. The van der Waals surface area contributed by atoms with Crippen molar-refractivity contribution in [2.75, 3.05) is 28.6 Å². The topological polar surface area (TPSA) is 73.5 Å². The normalized spacial score (nSPS) is 13.0. The molecule has 3 amide bonds. The Morgan fingerprint density at radius 3 is 2.34 bits per heavy atom. The molecule has 1 fully saturated rings. The highest BCUT2D eigenvalue weighted by Crippen LogP contribution is 2.28. The highest BCUT2D eigenvalue weighted by atomic mass is 16.2. The molecule has 0 spiro atoms. The number of hydrogen-bond donors (Lipinski definition) is 3. The van der Waals surface area contributed by atoms with Gasteiger partial charge in [-0.2, -0.15) is 0 Å². The van der Waals surface area contributed by atoms with Gasteiger partial charge in [-0.15, -0.1) is 0 Å². The van der Waals surface area contributed by atoms with E-state index >= 15 is 0 Å². The minimum atomic E-state index is -0.356. The number of hydrogen-bond acceptors (Lipinski definition) is 3. The summed E-state index contributed by atoms with van der Waals surface area (Å²) in [5, 5.41) is 10.9. The summed E-state index contributed by atoms with van der Waals surface area (Å²) in [5.41, 5.74) is 3.79. The lowest BCUT2D eigenvalue weighted by Gasteiger charge is -2.22. The lowest BCUT2D eigenvalue weighted by atomic mass is 10.1. The number of urea groups is 1. The van der Waals surface area contributed by atoms with Crippen LogP contribution < -0.4 is 20.9 Å². The molecule has 176 valence electrons. The van der Waals surface area contributed by atoms with Gasteiger partial charge in [-0.1, -0.05) is 66.7 Å². The summed E-state index contributed by atoms with van der Waals surface area (Å²) >= 11 is 0. The molecule has 0 aromatic heterocycles. The summed E-state index contributed by atoms with van der Waals surface area (Å²) < 4.78 is 0. The van der Waals surface area contributed by atoms with Crippen LogP contribution in [0.1, 0.15) is 28.8 Å². The molecule has 6 nitrogen and oxygen atoms in total. The number of nitrogens with zero attached hydrogens (tertiary/aromatic N) is 1. The molecule has 1 aliphatic rings. The molecular weight excluding hydrogens is 436 g/mol. The number of rotatable bonds is 6. The van der Waals surface area contributed by atoms with Gasteiger partial charge in [0.1, 0.15) is 0 Å². The maximum Gasteiger partial charge on any atom is 0.323 e. The molecule has 1 aliphatic heterocycles. The summed E-state index contributed by atoms with van der Waals surface area (Å²) in [6.07, 6.45) is 2.22. The number of benzene rings is 4. The van der Waals surface area contributed by atoms with Gasteiger partial charge in [0.05, 0.1) is 11.3 Å². The average molecular weight is 465 g/mol. The van der Waals surface area contributed by atoms with Gasteiger partial charge in [-0.3, -0.25) is 4.79 Å². The summed E-state index contributed by atoms with van der Waals surface area (Å²) in [6.45, 7) is 2.29. The summed E-state index contributed by atoms with van der Waals surface area (Å²) in [7, 11) is 0. The van der Waals surface area contributed by atoms with Crippen LogP contribution >= 0.6 is 0 Å². The van der Waals surface area contributed by atoms with Crippen molar-refractivity contribution in [1.29, 1.82) is 0 Å². The van der Waals surface area contributed by atoms with E-state index in [2.05, 4.69) is 20.9 Å². The van der Waals surface area contributed by atoms with E-state index < -0.39 is 0 Å². The van der Waals surface area contributed by atoms with Crippen molar-refractivity contribution in [2.24, 2.45) is 0 Å². The minimum Gasteiger partial charge on any atom is -0.371 e. The molecule has 0 unspecified atom stereocenters. The van der Waals surface area contributed by atoms with Crippen LogP contribution in [0, 0.1) is 0 Å². The lowest BCUT2D eigenvalue weighted by molar-refractivity contribution is 0.0951. The third kappa shape index (κ3) is 5.27. The van der Waals surface area contributed by atoms with Crippen molar-refractivity contribution in [1.82, 2.24) is 5.32 Å². The third-order valence-electron chi connectivity index (χ3n) is 6.28. The van der Waals surface area contributed by atoms with Crippen molar-refractivity contribution in [3.63, 3.8) is 0 Å². The van der Waals surface area contributed by atoms with Crippen molar-refractivity contribution in [2.45, 2.75) is 19.4 Å². The fraction of sp³-hybridized carbons (Fsp3) is 0.172. The molecule has 5 rings (SSSR count). The van der Waals surface area contributed by atoms with Crippen molar-refractivity contribution < 1.29 is 9.59 Å². The second-order valence-corrected chi connectivity index (χ2v) is 8.70. The van der Waals surface area contributed by atoms with Gasteiger partial charge in [0, 0.05) is 36.4 Å². The second kappa shape index (κ2) is 10.3. The van der Waals surface area contributed by atoms with Crippen LogP contribution in [0.3, 0.4) is 0 Å². The molecule has 1 heterocycles. The van der Waals surface area contributed by atoms with Crippen LogP contribution in [0.15, 0.2) is 91.0 Å². The Morgan fingerprint density at radius 1 is 0.771 bits per heavy atom. The summed E-state index contributed by atoms with van der Waals surface area (Å²) in [5.74, 6) is -0.158. The standard InChI is InChI=1S/C29H28N4O2/c34-28(30-20-21-9-2-1-3-10-21)25-19-23(15-16-27(25)33-17-6-7-18-33)31-29(35)32-26-14-8-12-22-11-4-5-13-24(22)26/h1-5,8-16,19H,6-7,17-18,20H2,(H,30,34)(H2,31,32,35). The monoisotopic (exact) mass is 464 g/mol. The molecule has 3 N–H and O–H groups in total. The summed E-state index contributed by atoms with van der Waals surface area (Å²) in [6, 6.07) is 28.7. The Kier molecular flexibility index (Phi) is 6.61. The first kappa shape index (κ1) is 22.5. The van der Waals surface area contributed by atoms with Gasteiger partial charge in [-0.25, -0.2) is 4.79 Å². The third-order valence-corrected chi connectivity index (χ3v) is 6.28. The molecule has 0 saturated carbocycles. The zero-order chi connectivity index (χ0) is 24.0. The predicted molar refractivity (Wildman–Crippen MR) is 142 cm³/mol. The number of nitrogens with one attached hydrogen (secondary N) is 3. The molecule has 0 radical (unpaired) electrons. The van der Waals surface area contributed by atoms with Gasteiger partial charge < -0.3 is 20.9 Å². The SMILES string of the molecule is O=C(Nc1ccc(N2CCCC2)c(C(=O)NCc2ccccc2)c1)Nc1cccc2ccccc12. The summed E-state index contributed by atoms with van der Waals surface area (Å²) in [4.78, 5) is 28.3. The number of carbonyl (C=O) groups is 2. The zero-order valence-electron chi connectivity index (χ0n) is 19.5. The van der Waals surface area contributed by atoms with Gasteiger partial charge in [0.15, 0.2) is 0 Å². The Morgan fingerprint density at radius 2 is 1.51 bits per heavy atom. The smallest absolute Gasteiger partial charge is 0.323 e.